The van der Waals surface area contributed by atoms with E-state index in [0.717, 1.165) is 45.2 Å². The van der Waals surface area contributed by atoms with Gasteiger partial charge in [-0.05, 0) is 56.3 Å². The minimum absolute atomic E-state index is 0. The zero-order valence-electron chi connectivity index (χ0n) is 13.3. The lowest BCUT2D eigenvalue weighted by Crippen LogP contribution is -2.25. The summed E-state index contributed by atoms with van der Waals surface area (Å²) in [6.07, 6.45) is 5.81. The number of carbonyl (C=O) groups is 1. The Morgan fingerprint density at radius 3 is 2.33 bits per heavy atom. The van der Waals surface area contributed by atoms with Gasteiger partial charge in [-0.25, -0.2) is 0 Å². The first kappa shape index (κ1) is 19.9. The van der Waals surface area contributed by atoms with Crippen LogP contribution >= 0.6 is 12.4 Å². The molecule has 3 nitrogen and oxygen atoms in total. The summed E-state index contributed by atoms with van der Waals surface area (Å²) in [7, 11) is 0. The van der Waals surface area contributed by atoms with Crippen LogP contribution in [0, 0.1) is 13.8 Å². The summed E-state index contributed by atoms with van der Waals surface area (Å²) >= 11 is 0. The first-order chi connectivity index (χ1) is 9.65. The van der Waals surface area contributed by atoms with Gasteiger partial charge in [-0.3, -0.25) is 4.79 Å². The summed E-state index contributed by atoms with van der Waals surface area (Å²) in [6.45, 7) is 5.73. The second-order valence-electron chi connectivity index (χ2n) is 5.42. The van der Waals surface area contributed by atoms with Crippen molar-refractivity contribution < 1.29 is 4.79 Å². The molecule has 0 unspecified atom stereocenters. The van der Waals surface area contributed by atoms with Gasteiger partial charge < -0.3 is 11.1 Å². The van der Waals surface area contributed by atoms with Gasteiger partial charge in [0.2, 0.25) is 5.91 Å². The fraction of sp³-hybridized carbons (Fsp3) is 0.588. The number of benzene rings is 1. The van der Waals surface area contributed by atoms with E-state index in [4.69, 9.17) is 5.73 Å². The molecule has 21 heavy (non-hydrogen) atoms. The maximum Gasteiger partial charge on any atom is 0.220 e. The van der Waals surface area contributed by atoms with Crippen LogP contribution in [0.5, 0.6) is 0 Å². The standard InChI is InChI=1S/C17H28N2O.ClH/c1-14-8-7-9-15(2)16(14)11-13-19-17(20)10-5-3-4-6-12-18;/h7-9H,3-6,10-13,18H2,1-2H3,(H,19,20);1H. The van der Waals surface area contributed by atoms with Crippen molar-refractivity contribution in [2.45, 2.75) is 52.4 Å². The van der Waals surface area contributed by atoms with Gasteiger partial charge in [0, 0.05) is 13.0 Å². The average Bonchev–Trinajstić information content (AvgIpc) is 2.42. The van der Waals surface area contributed by atoms with Crippen molar-refractivity contribution in [2.75, 3.05) is 13.1 Å². The van der Waals surface area contributed by atoms with Crippen LogP contribution in [0.4, 0.5) is 0 Å². The second kappa shape index (κ2) is 11.6. The molecule has 0 aliphatic carbocycles. The zero-order chi connectivity index (χ0) is 14.8. The third kappa shape index (κ3) is 8.08. The van der Waals surface area contributed by atoms with Crippen molar-refractivity contribution in [1.29, 1.82) is 0 Å². The van der Waals surface area contributed by atoms with Crippen LogP contribution in [0.2, 0.25) is 0 Å². The molecule has 1 rings (SSSR count). The fourth-order valence-corrected chi connectivity index (χ4v) is 2.44. The summed E-state index contributed by atoms with van der Waals surface area (Å²) in [5.41, 5.74) is 9.41. The van der Waals surface area contributed by atoms with Crippen molar-refractivity contribution in [1.82, 2.24) is 5.32 Å². The maximum atomic E-state index is 11.7. The van der Waals surface area contributed by atoms with Crippen LogP contribution in [0.25, 0.3) is 0 Å². The Morgan fingerprint density at radius 1 is 1.10 bits per heavy atom. The summed E-state index contributed by atoms with van der Waals surface area (Å²) in [6, 6.07) is 6.33. The number of hydrogen-bond acceptors (Lipinski definition) is 2. The van der Waals surface area contributed by atoms with Crippen LogP contribution < -0.4 is 11.1 Å². The van der Waals surface area contributed by atoms with Gasteiger partial charge in [0.1, 0.15) is 0 Å². The predicted molar refractivity (Wildman–Crippen MR) is 92.0 cm³/mol. The minimum Gasteiger partial charge on any atom is -0.356 e. The van der Waals surface area contributed by atoms with Gasteiger partial charge >= 0.3 is 0 Å². The van der Waals surface area contributed by atoms with Crippen molar-refractivity contribution in [3.05, 3.63) is 34.9 Å². The van der Waals surface area contributed by atoms with Gasteiger partial charge in [-0.1, -0.05) is 31.0 Å². The average molecular weight is 313 g/mol. The molecule has 0 aliphatic heterocycles. The minimum atomic E-state index is 0. The van der Waals surface area contributed by atoms with E-state index in [2.05, 4.69) is 37.4 Å². The number of amides is 1. The molecular formula is C17H29ClN2O. The van der Waals surface area contributed by atoms with Crippen LogP contribution in [0.3, 0.4) is 0 Å². The Hall–Kier alpha value is -1.06. The highest BCUT2D eigenvalue weighted by molar-refractivity contribution is 5.85. The third-order valence-electron chi connectivity index (χ3n) is 3.70. The van der Waals surface area contributed by atoms with Gasteiger partial charge in [0.25, 0.3) is 0 Å². The zero-order valence-corrected chi connectivity index (χ0v) is 14.1. The summed E-state index contributed by atoms with van der Waals surface area (Å²) in [5, 5.41) is 3.01. The van der Waals surface area contributed by atoms with Crippen LogP contribution in [-0.4, -0.2) is 19.0 Å². The molecule has 0 fully saturated rings. The van der Waals surface area contributed by atoms with E-state index in [-0.39, 0.29) is 18.3 Å². The second-order valence-corrected chi connectivity index (χ2v) is 5.42. The Bertz CT molecular complexity index is 401. The van der Waals surface area contributed by atoms with Crippen LogP contribution in [-0.2, 0) is 11.2 Å². The van der Waals surface area contributed by atoms with Crippen LogP contribution in [0.1, 0.15) is 48.8 Å². The number of halogens is 1. The number of nitrogens with two attached hydrogens (primary N) is 1. The van der Waals surface area contributed by atoms with Crippen molar-refractivity contribution >= 4 is 18.3 Å². The molecule has 1 aromatic rings. The topological polar surface area (TPSA) is 55.1 Å². The van der Waals surface area contributed by atoms with E-state index < -0.39 is 0 Å². The lowest BCUT2D eigenvalue weighted by molar-refractivity contribution is -0.121. The number of aryl methyl sites for hydroxylation is 2. The fourth-order valence-electron chi connectivity index (χ4n) is 2.44. The molecule has 3 N–H and O–H groups in total. The van der Waals surface area contributed by atoms with Gasteiger partial charge in [0.05, 0.1) is 0 Å². The number of carbonyl (C=O) groups excluding carboxylic acids is 1. The lowest BCUT2D eigenvalue weighted by Gasteiger charge is -2.10. The third-order valence-corrected chi connectivity index (χ3v) is 3.70. The summed E-state index contributed by atoms with van der Waals surface area (Å²) in [5.74, 6) is 0.170. The number of hydrogen-bond donors (Lipinski definition) is 2. The van der Waals surface area contributed by atoms with Crippen molar-refractivity contribution in [2.24, 2.45) is 5.73 Å². The van der Waals surface area contributed by atoms with E-state index in [1.165, 1.54) is 16.7 Å². The van der Waals surface area contributed by atoms with E-state index in [1.54, 1.807) is 0 Å². The molecule has 0 heterocycles. The number of rotatable bonds is 9. The molecule has 1 amide bonds. The molecule has 1 aromatic carbocycles. The molecule has 0 spiro atoms. The lowest BCUT2D eigenvalue weighted by atomic mass is 10.0. The molecule has 0 saturated heterocycles. The number of nitrogens with one attached hydrogen (secondary N) is 1. The monoisotopic (exact) mass is 312 g/mol. The van der Waals surface area contributed by atoms with Crippen LogP contribution in [0.15, 0.2) is 18.2 Å². The smallest absolute Gasteiger partial charge is 0.220 e. The molecule has 0 aliphatic rings. The van der Waals surface area contributed by atoms with E-state index in [9.17, 15) is 4.79 Å². The van der Waals surface area contributed by atoms with Gasteiger partial charge in [0.15, 0.2) is 0 Å². The Balaban J connectivity index is 0.00000400. The number of unbranched alkanes of at least 4 members (excludes halogenated alkanes) is 3. The van der Waals surface area contributed by atoms with Gasteiger partial charge in [-0.2, -0.15) is 0 Å². The van der Waals surface area contributed by atoms with Crippen molar-refractivity contribution in [3.8, 4) is 0 Å². The Labute approximate surface area is 135 Å². The summed E-state index contributed by atoms with van der Waals surface area (Å²) in [4.78, 5) is 11.7. The normalized spacial score (nSPS) is 10.0. The highest BCUT2D eigenvalue weighted by Crippen LogP contribution is 2.13. The van der Waals surface area contributed by atoms with E-state index in [0.29, 0.717) is 6.42 Å². The first-order valence-corrected chi connectivity index (χ1v) is 7.67. The SMILES string of the molecule is Cc1cccc(C)c1CCNC(=O)CCCCCCN.Cl. The maximum absolute atomic E-state index is 11.7. The molecular weight excluding hydrogens is 284 g/mol. The van der Waals surface area contributed by atoms with Crippen molar-refractivity contribution in [3.63, 3.8) is 0 Å². The predicted octanol–water partition coefficient (Wildman–Crippen LogP) is 3.29. The van der Waals surface area contributed by atoms with E-state index in [1.807, 2.05) is 0 Å². The summed E-state index contributed by atoms with van der Waals surface area (Å²) < 4.78 is 0. The molecule has 0 bridgehead atoms. The molecule has 0 saturated carbocycles. The van der Waals surface area contributed by atoms with Gasteiger partial charge in [-0.15, -0.1) is 12.4 Å². The highest BCUT2D eigenvalue weighted by Gasteiger charge is 2.04. The Kier molecular flexibility index (Phi) is 11.0. The Morgan fingerprint density at radius 2 is 1.71 bits per heavy atom. The van der Waals surface area contributed by atoms with E-state index >= 15 is 0 Å². The first-order valence-electron chi connectivity index (χ1n) is 7.67. The quantitative estimate of drug-likeness (QED) is 0.687. The molecule has 0 radical (unpaired) electrons. The molecule has 0 atom stereocenters. The molecule has 4 heteroatoms. The molecule has 0 aromatic heterocycles. The highest BCUT2D eigenvalue weighted by atomic mass is 35.5. The largest absolute Gasteiger partial charge is 0.356 e. The molecule has 120 valence electrons.